The van der Waals surface area contributed by atoms with E-state index in [0.29, 0.717) is 0 Å². The summed E-state index contributed by atoms with van der Waals surface area (Å²) in [6.45, 7) is 0. The monoisotopic (exact) mass is 128 g/mol. The zero-order valence-corrected chi connectivity index (χ0v) is 4.85. The van der Waals surface area contributed by atoms with Crippen LogP contribution in [0.25, 0.3) is 0 Å². The molecule has 1 amide bonds. The summed E-state index contributed by atoms with van der Waals surface area (Å²) in [5.74, 6) is -0.748. The summed E-state index contributed by atoms with van der Waals surface area (Å²) in [5, 5.41) is 9.10. The second-order valence-corrected chi connectivity index (χ2v) is 1.28. The first-order valence-corrected chi connectivity index (χ1v) is 2.28. The highest BCUT2D eigenvalue weighted by molar-refractivity contribution is 7.83. The summed E-state index contributed by atoms with van der Waals surface area (Å²) < 4.78 is 0. The van der Waals surface area contributed by atoms with E-state index in [1.165, 1.54) is 0 Å². The first kappa shape index (κ1) is 7.05. The number of amides is 1. The van der Waals surface area contributed by atoms with Crippen molar-refractivity contribution in [3.63, 3.8) is 0 Å². The number of hydrogen-bond donors (Lipinski definition) is 2. The molecule has 0 heterocycles. The topological polar surface area (TPSA) is 66.9 Å². The first-order valence-electron chi connectivity index (χ1n) is 1.76. The molecule has 4 heteroatoms. The lowest BCUT2D eigenvalue weighted by atomic mass is 10.3. The van der Waals surface area contributed by atoms with Crippen LogP contribution in [0.2, 0.25) is 0 Å². The van der Waals surface area contributed by atoms with Gasteiger partial charge >= 0.3 is 0 Å². The lowest BCUT2D eigenvalue weighted by Crippen LogP contribution is -2.11. The molecule has 2 N–H and O–H groups in total. The fourth-order valence-corrected chi connectivity index (χ4v) is 0.333. The summed E-state index contributed by atoms with van der Waals surface area (Å²) in [5.41, 5.74) is 4.55. The highest BCUT2D eigenvalue weighted by atomic mass is 32.1. The van der Waals surface area contributed by atoms with Crippen LogP contribution in [0.15, 0.2) is 11.0 Å². The molecule has 0 atom stereocenters. The number of rotatable bonds is 1. The van der Waals surface area contributed by atoms with Crippen LogP contribution in [0.1, 0.15) is 0 Å². The molecule has 0 bridgehead atoms. The highest BCUT2D eigenvalue weighted by Gasteiger charge is 1.98. The van der Waals surface area contributed by atoms with Gasteiger partial charge in [-0.3, -0.25) is 4.79 Å². The Morgan fingerprint density at radius 3 is 2.38 bits per heavy atom. The summed E-state index contributed by atoms with van der Waals surface area (Å²) in [6, 6.07) is 1.56. The van der Waals surface area contributed by atoms with E-state index >= 15 is 0 Å². The van der Waals surface area contributed by atoms with Crippen molar-refractivity contribution in [2.24, 2.45) is 5.73 Å². The molecule has 8 heavy (non-hydrogen) atoms. The molecule has 0 aromatic rings. The smallest absolute Gasteiger partial charge is 0.259 e. The van der Waals surface area contributed by atoms with Crippen LogP contribution in [0.4, 0.5) is 0 Å². The largest absolute Gasteiger partial charge is 0.365 e. The van der Waals surface area contributed by atoms with Gasteiger partial charge < -0.3 is 5.73 Å². The minimum absolute atomic E-state index is 0.131. The molecule has 0 rings (SSSR count). The number of thiol groups is 1. The maximum atomic E-state index is 10.0. The molecule has 0 aliphatic rings. The molecular weight excluding hydrogens is 124 g/mol. The molecule has 0 saturated heterocycles. The molecule has 0 fully saturated rings. The summed E-state index contributed by atoms with van der Waals surface area (Å²) >= 11 is 3.55. The van der Waals surface area contributed by atoms with Gasteiger partial charge in [-0.05, 0) is 5.41 Å². The Balaban J connectivity index is 4.20. The predicted octanol–water partition coefficient (Wildman–Crippen LogP) is -0.191. The van der Waals surface area contributed by atoms with E-state index in [0.717, 1.165) is 5.41 Å². The van der Waals surface area contributed by atoms with Gasteiger partial charge in [0, 0.05) is 0 Å². The first-order chi connectivity index (χ1) is 3.72. The van der Waals surface area contributed by atoms with Gasteiger partial charge in [-0.25, -0.2) is 0 Å². The molecule has 0 radical (unpaired) electrons. The van der Waals surface area contributed by atoms with Crippen molar-refractivity contribution >= 4 is 18.5 Å². The number of carbonyl (C=O) groups excluding carboxylic acids is 1. The molecule has 0 aromatic heterocycles. The minimum atomic E-state index is -0.748. The van der Waals surface area contributed by atoms with Crippen LogP contribution in [0.5, 0.6) is 0 Å². The Kier molecular flexibility index (Phi) is 2.74. The third-order valence-electron chi connectivity index (χ3n) is 0.515. The predicted molar refractivity (Wildman–Crippen MR) is 31.9 cm³/mol. The maximum absolute atomic E-state index is 10.0. The molecule has 0 unspecified atom stereocenters. The fourth-order valence-electron chi connectivity index (χ4n) is 0.148. The van der Waals surface area contributed by atoms with E-state index in [4.69, 9.17) is 5.26 Å². The van der Waals surface area contributed by atoms with E-state index in [1.807, 2.05) is 0 Å². The molecule has 3 nitrogen and oxygen atoms in total. The quantitative estimate of drug-likeness (QED) is 0.292. The van der Waals surface area contributed by atoms with Crippen molar-refractivity contribution in [1.82, 2.24) is 0 Å². The van der Waals surface area contributed by atoms with Crippen LogP contribution in [-0.4, -0.2) is 5.91 Å². The zero-order chi connectivity index (χ0) is 6.57. The second kappa shape index (κ2) is 3.10. The highest BCUT2D eigenvalue weighted by Crippen LogP contribution is 1.90. The lowest BCUT2D eigenvalue weighted by molar-refractivity contribution is -0.114. The second-order valence-electron chi connectivity index (χ2n) is 1.02. The Morgan fingerprint density at radius 1 is 1.88 bits per heavy atom. The third-order valence-corrected chi connectivity index (χ3v) is 0.773. The van der Waals surface area contributed by atoms with Gasteiger partial charge in [-0.15, -0.1) is 12.6 Å². The Hall–Kier alpha value is -0.950. The van der Waals surface area contributed by atoms with Crippen LogP contribution in [0, 0.1) is 11.3 Å². The SMILES string of the molecule is N#C/C(=C\S)C(N)=O. The van der Waals surface area contributed by atoms with Crippen molar-refractivity contribution in [3.05, 3.63) is 11.0 Å². The van der Waals surface area contributed by atoms with Crippen LogP contribution >= 0.6 is 12.6 Å². The number of hydrogen-bond acceptors (Lipinski definition) is 3. The van der Waals surface area contributed by atoms with Gasteiger partial charge in [0.05, 0.1) is 0 Å². The average molecular weight is 128 g/mol. The summed E-state index contributed by atoms with van der Waals surface area (Å²) in [7, 11) is 0. The number of nitrogens with two attached hydrogens (primary N) is 1. The Labute approximate surface area is 52.2 Å². The molecular formula is C4H4N2OS. The van der Waals surface area contributed by atoms with E-state index < -0.39 is 5.91 Å². The standard InChI is InChI=1S/C4H4N2OS/c5-1-3(2-8)4(6)7/h2,8H,(H2,6,7)/b3-2+. The van der Waals surface area contributed by atoms with Gasteiger partial charge in [0.2, 0.25) is 0 Å². The van der Waals surface area contributed by atoms with Gasteiger partial charge in [-0.2, -0.15) is 5.26 Å². The van der Waals surface area contributed by atoms with E-state index in [-0.39, 0.29) is 5.57 Å². The van der Waals surface area contributed by atoms with Gasteiger partial charge in [-0.1, -0.05) is 0 Å². The Morgan fingerprint density at radius 2 is 2.38 bits per heavy atom. The van der Waals surface area contributed by atoms with Crippen molar-refractivity contribution in [3.8, 4) is 6.07 Å². The number of nitrogens with zero attached hydrogens (tertiary/aromatic N) is 1. The zero-order valence-electron chi connectivity index (χ0n) is 3.96. The molecule has 42 valence electrons. The van der Waals surface area contributed by atoms with Crippen LogP contribution < -0.4 is 5.73 Å². The normalized spacial score (nSPS) is 10.2. The molecule has 0 saturated carbocycles. The molecule has 0 spiro atoms. The Bertz CT molecular complexity index is 167. The van der Waals surface area contributed by atoms with Crippen molar-refractivity contribution in [1.29, 1.82) is 5.26 Å². The summed E-state index contributed by atoms with van der Waals surface area (Å²) in [6.07, 6.45) is 0. The van der Waals surface area contributed by atoms with E-state index in [1.54, 1.807) is 6.07 Å². The van der Waals surface area contributed by atoms with Crippen LogP contribution in [-0.2, 0) is 4.79 Å². The fraction of sp³-hybridized carbons (Fsp3) is 0. The van der Waals surface area contributed by atoms with E-state index in [2.05, 4.69) is 18.4 Å². The summed E-state index contributed by atoms with van der Waals surface area (Å²) in [4.78, 5) is 10.0. The minimum Gasteiger partial charge on any atom is -0.365 e. The average Bonchev–Trinajstić information content (AvgIpc) is 1.69. The molecule has 0 aliphatic carbocycles. The van der Waals surface area contributed by atoms with E-state index in [9.17, 15) is 4.79 Å². The van der Waals surface area contributed by atoms with Crippen molar-refractivity contribution in [2.45, 2.75) is 0 Å². The van der Waals surface area contributed by atoms with Gasteiger partial charge in [0.15, 0.2) is 0 Å². The maximum Gasteiger partial charge on any atom is 0.259 e. The van der Waals surface area contributed by atoms with Gasteiger partial charge in [0.25, 0.3) is 5.91 Å². The molecule has 0 aromatic carbocycles. The lowest BCUT2D eigenvalue weighted by Gasteiger charge is -1.81. The number of nitriles is 1. The number of carbonyl (C=O) groups is 1. The van der Waals surface area contributed by atoms with Gasteiger partial charge in [0.1, 0.15) is 11.6 Å². The molecule has 0 aliphatic heterocycles. The third kappa shape index (κ3) is 1.67. The van der Waals surface area contributed by atoms with Crippen molar-refractivity contribution < 1.29 is 4.79 Å². The number of primary amides is 1. The van der Waals surface area contributed by atoms with Crippen LogP contribution in [0.3, 0.4) is 0 Å². The van der Waals surface area contributed by atoms with Crippen molar-refractivity contribution in [2.75, 3.05) is 0 Å².